The molecule has 0 radical (unpaired) electrons. The minimum atomic E-state index is -4.41. The van der Waals surface area contributed by atoms with Gasteiger partial charge in [0.2, 0.25) is 6.08 Å². The van der Waals surface area contributed by atoms with E-state index in [9.17, 15) is 22.4 Å². The molecule has 1 heterocycles. The summed E-state index contributed by atoms with van der Waals surface area (Å²) in [6.45, 7) is 0. The molecule has 0 saturated heterocycles. The van der Waals surface area contributed by atoms with E-state index in [0.717, 1.165) is 18.2 Å². The van der Waals surface area contributed by atoms with Crippen LogP contribution in [0.2, 0.25) is 0 Å². The van der Waals surface area contributed by atoms with Gasteiger partial charge in [0.15, 0.2) is 0 Å². The predicted octanol–water partition coefficient (Wildman–Crippen LogP) is 2.66. The number of benzene rings is 1. The SMILES string of the molecule is O=C=Nc1ccc2c(c1)C(F)(F)OC(F)(F)O2. The molecule has 17 heavy (non-hydrogen) atoms. The van der Waals surface area contributed by atoms with Crippen LogP contribution >= 0.6 is 0 Å². The van der Waals surface area contributed by atoms with Gasteiger partial charge in [0.25, 0.3) is 0 Å². The lowest BCUT2D eigenvalue weighted by atomic mass is 10.1. The van der Waals surface area contributed by atoms with Gasteiger partial charge in [0, 0.05) is 0 Å². The van der Waals surface area contributed by atoms with Gasteiger partial charge in [-0.3, -0.25) is 0 Å². The molecule has 1 aromatic rings. The third-order valence-electron chi connectivity index (χ3n) is 1.93. The second kappa shape index (κ2) is 3.54. The Morgan fingerprint density at radius 2 is 1.94 bits per heavy atom. The molecule has 1 aliphatic rings. The Morgan fingerprint density at radius 1 is 1.24 bits per heavy atom. The second-order valence-electron chi connectivity index (χ2n) is 3.07. The van der Waals surface area contributed by atoms with Crippen LogP contribution in [0.3, 0.4) is 0 Å². The number of ether oxygens (including phenoxy) is 2. The van der Waals surface area contributed by atoms with Crippen LogP contribution in [0.15, 0.2) is 23.2 Å². The number of alkyl halides is 4. The molecule has 8 heteroatoms. The average molecular weight is 249 g/mol. The summed E-state index contributed by atoms with van der Waals surface area (Å²) < 4.78 is 58.7. The van der Waals surface area contributed by atoms with Crippen molar-refractivity contribution in [1.29, 1.82) is 0 Å². The number of hydrogen-bond donors (Lipinski definition) is 0. The molecule has 0 fully saturated rings. The van der Waals surface area contributed by atoms with Gasteiger partial charge in [-0.15, -0.1) is 8.78 Å². The van der Waals surface area contributed by atoms with E-state index < -0.39 is 23.7 Å². The maximum atomic E-state index is 13.2. The molecule has 0 atom stereocenters. The Kier molecular flexibility index (Phi) is 2.41. The van der Waals surface area contributed by atoms with Gasteiger partial charge in [-0.1, -0.05) is 0 Å². The Balaban J connectivity index is 2.55. The fourth-order valence-corrected chi connectivity index (χ4v) is 1.31. The summed E-state index contributed by atoms with van der Waals surface area (Å²) in [7, 11) is 0. The second-order valence-corrected chi connectivity index (χ2v) is 3.07. The molecule has 0 unspecified atom stereocenters. The molecule has 0 bridgehead atoms. The number of halogens is 4. The number of rotatable bonds is 1. The van der Waals surface area contributed by atoms with Crippen LogP contribution in [-0.2, 0) is 15.6 Å². The van der Waals surface area contributed by atoms with E-state index in [1.54, 1.807) is 0 Å². The van der Waals surface area contributed by atoms with Gasteiger partial charge >= 0.3 is 12.4 Å². The van der Waals surface area contributed by atoms with Crippen molar-refractivity contribution >= 4 is 11.8 Å². The van der Waals surface area contributed by atoms with E-state index in [1.165, 1.54) is 0 Å². The van der Waals surface area contributed by atoms with Crippen molar-refractivity contribution in [2.75, 3.05) is 0 Å². The monoisotopic (exact) mass is 249 g/mol. The van der Waals surface area contributed by atoms with Gasteiger partial charge in [0.05, 0.1) is 11.3 Å². The highest BCUT2D eigenvalue weighted by molar-refractivity contribution is 5.54. The molecule has 2 rings (SSSR count). The van der Waals surface area contributed by atoms with Crippen molar-refractivity contribution < 1.29 is 31.8 Å². The van der Waals surface area contributed by atoms with Gasteiger partial charge in [-0.25, -0.2) is 9.53 Å². The van der Waals surface area contributed by atoms with E-state index in [0.29, 0.717) is 6.07 Å². The molecule has 0 aliphatic carbocycles. The minimum absolute atomic E-state index is 0.171. The lowest BCUT2D eigenvalue weighted by molar-refractivity contribution is -0.461. The van der Waals surface area contributed by atoms with Crippen LogP contribution < -0.4 is 4.74 Å². The normalized spacial score (nSPS) is 19.8. The van der Waals surface area contributed by atoms with Crippen molar-refractivity contribution in [2.45, 2.75) is 12.4 Å². The lowest BCUT2D eigenvalue weighted by Gasteiger charge is -2.30. The quantitative estimate of drug-likeness (QED) is 0.436. The zero-order valence-corrected chi connectivity index (χ0v) is 7.92. The van der Waals surface area contributed by atoms with Gasteiger partial charge in [0.1, 0.15) is 5.75 Å². The third kappa shape index (κ3) is 2.13. The number of hydrogen-bond acceptors (Lipinski definition) is 4. The Labute approximate surface area is 91.5 Å². The van der Waals surface area contributed by atoms with Crippen molar-refractivity contribution in [3.63, 3.8) is 0 Å². The molecule has 0 N–H and O–H groups in total. The molecule has 0 aromatic heterocycles. The Bertz CT molecular complexity index is 511. The molecular weight excluding hydrogens is 246 g/mol. The Morgan fingerprint density at radius 3 is 2.59 bits per heavy atom. The van der Waals surface area contributed by atoms with Crippen molar-refractivity contribution in [1.82, 2.24) is 0 Å². The summed E-state index contributed by atoms with van der Waals surface area (Å²) in [5, 5.41) is 0. The topological polar surface area (TPSA) is 47.9 Å². The summed E-state index contributed by atoms with van der Waals surface area (Å²) in [6.07, 6.45) is -7.51. The maximum Gasteiger partial charge on any atom is 0.540 e. The van der Waals surface area contributed by atoms with Gasteiger partial charge in [-0.05, 0) is 18.2 Å². The average Bonchev–Trinajstić information content (AvgIpc) is 2.17. The highest BCUT2D eigenvalue weighted by atomic mass is 19.3. The number of nitrogens with zero attached hydrogens (tertiary/aromatic N) is 1. The summed E-state index contributed by atoms with van der Waals surface area (Å²) in [4.78, 5) is 13.0. The molecular formula is C9H3F4NO3. The number of aliphatic imine (C=N–C) groups is 1. The molecule has 1 aromatic carbocycles. The maximum absolute atomic E-state index is 13.2. The smallest absolute Gasteiger partial charge is 0.409 e. The third-order valence-corrected chi connectivity index (χ3v) is 1.93. The van der Waals surface area contributed by atoms with Crippen molar-refractivity contribution in [2.24, 2.45) is 4.99 Å². The molecule has 90 valence electrons. The van der Waals surface area contributed by atoms with E-state index in [1.807, 2.05) is 0 Å². The molecule has 1 aliphatic heterocycles. The first-order chi connectivity index (χ1) is 7.84. The summed E-state index contributed by atoms with van der Waals surface area (Å²) >= 11 is 0. The van der Waals surface area contributed by atoms with Crippen LogP contribution in [0, 0.1) is 0 Å². The van der Waals surface area contributed by atoms with Crippen LogP contribution in [0.25, 0.3) is 0 Å². The van der Waals surface area contributed by atoms with Crippen LogP contribution in [0.4, 0.5) is 23.2 Å². The highest BCUT2D eigenvalue weighted by Crippen LogP contribution is 2.47. The zero-order valence-electron chi connectivity index (χ0n) is 7.92. The summed E-state index contributed by atoms with van der Waals surface area (Å²) in [6, 6.07) is 2.60. The molecule has 0 spiro atoms. The van der Waals surface area contributed by atoms with Crippen LogP contribution in [0.5, 0.6) is 5.75 Å². The fraction of sp³-hybridized carbons (Fsp3) is 0.222. The zero-order chi connectivity index (χ0) is 12.7. The Hall–Kier alpha value is -1.92. The molecule has 0 amide bonds. The first-order valence-corrected chi connectivity index (χ1v) is 4.21. The van der Waals surface area contributed by atoms with E-state index in [2.05, 4.69) is 14.5 Å². The van der Waals surface area contributed by atoms with Gasteiger partial charge in [-0.2, -0.15) is 13.8 Å². The van der Waals surface area contributed by atoms with E-state index in [-0.39, 0.29) is 5.69 Å². The van der Waals surface area contributed by atoms with Gasteiger partial charge < -0.3 is 4.74 Å². The fourth-order valence-electron chi connectivity index (χ4n) is 1.31. The van der Waals surface area contributed by atoms with Crippen LogP contribution in [0.1, 0.15) is 5.56 Å². The lowest BCUT2D eigenvalue weighted by Crippen LogP contribution is -2.40. The number of isocyanates is 1. The molecule has 0 saturated carbocycles. The highest BCUT2D eigenvalue weighted by Gasteiger charge is 2.54. The number of carbonyl (C=O) groups excluding carboxylic acids is 1. The first-order valence-electron chi connectivity index (χ1n) is 4.21. The van der Waals surface area contributed by atoms with E-state index >= 15 is 0 Å². The largest absolute Gasteiger partial charge is 0.540 e. The predicted molar refractivity (Wildman–Crippen MR) is 44.8 cm³/mol. The number of fused-ring (bicyclic) bond motifs is 1. The van der Waals surface area contributed by atoms with Crippen molar-refractivity contribution in [3.8, 4) is 5.75 Å². The summed E-state index contributed by atoms with van der Waals surface area (Å²) in [5.41, 5.74) is -1.10. The summed E-state index contributed by atoms with van der Waals surface area (Å²) in [5.74, 6) is -0.740. The van der Waals surface area contributed by atoms with E-state index in [4.69, 9.17) is 0 Å². The molecule has 4 nitrogen and oxygen atoms in total. The van der Waals surface area contributed by atoms with Crippen LogP contribution in [-0.4, -0.2) is 12.4 Å². The standard InChI is InChI=1S/C9H3F4NO3/c10-8(11)6-3-5(14-4-15)1-2-7(6)16-9(12,13)17-8/h1-3H. The first kappa shape index (κ1) is 11.6. The minimum Gasteiger partial charge on any atom is -0.409 e. The van der Waals surface area contributed by atoms with Crippen molar-refractivity contribution in [3.05, 3.63) is 23.8 Å².